The van der Waals surface area contributed by atoms with Gasteiger partial charge in [-0.1, -0.05) is 31.2 Å². The van der Waals surface area contributed by atoms with E-state index in [1.54, 1.807) is 33.2 Å². The molecule has 7 nitrogen and oxygen atoms in total. The molecule has 2 N–H and O–H groups in total. The molecule has 0 fully saturated rings. The maximum absolute atomic E-state index is 12.0. The highest BCUT2D eigenvalue weighted by Crippen LogP contribution is 2.14. The molecule has 8 heteroatoms. The van der Waals surface area contributed by atoms with E-state index in [1.165, 1.54) is 11.1 Å². The Labute approximate surface area is 215 Å². The summed E-state index contributed by atoms with van der Waals surface area (Å²) in [4.78, 5) is 18.0. The van der Waals surface area contributed by atoms with Gasteiger partial charge in [0.05, 0.1) is 14.2 Å². The van der Waals surface area contributed by atoms with E-state index in [2.05, 4.69) is 46.8 Å². The summed E-state index contributed by atoms with van der Waals surface area (Å²) in [6.45, 7) is 3.76. The minimum absolute atomic E-state index is 0. The first-order valence-corrected chi connectivity index (χ1v) is 10.9. The molecule has 33 heavy (non-hydrogen) atoms. The largest absolute Gasteiger partial charge is 0.497 e. The summed E-state index contributed by atoms with van der Waals surface area (Å²) < 4.78 is 10.4. The van der Waals surface area contributed by atoms with Crippen LogP contribution in [0.3, 0.4) is 0 Å². The molecular weight excluding hydrogens is 531 g/mol. The first-order chi connectivity index (χ1) is 15.4. The second-order valence-corrected chi connectivity index (χ2v) is 8.02. The van der Waals surface area contributed by atoms with Gasteiger partial charge in [0.1, 0.15) is 18.0 Å². The number of rotatable bonds is 11. The van der Waals surface area contributed by atoms with Crippen molar-refractivity contribution in [1.29, 1.82) is 0 Å². The Kier molecular flexibility index (Phi) is 13.3. The summed E-state index contributed by atoms with van der Waals surface area (Å²) in [5.74, 6) is 2.71. The molecule has 0 aromatic heterocycles. The van der Waals surface area contributed by atoms with Crippen LogP contribution in [0.1, 0.15) is 18.1 Å². The minimum atomic E-state index is -0.0347. The van der Waals surface area contributed by atoms with Crippen LogP contribution in [0.25, 0.3) is 0 Å². The molecular formula is C25H37IN4O3. The van der Waals surface area contributed by atoms with Gasteiger partial charge in [0, 0.05) is 27.2 Å². The smallest absolute Gasteiger partial charge is 0.243 e. The number of amides is 1. The number of ether oxygens (including phenoxy) is 2. The van der Waals surface area contributed by atoms with Crippen LogP contribution in [0.2, 0.25) is 0 Å². The van der Waals surface area contributed by atoms with Gasteiger partial charge in [0.2, 0.25) is 5.91 Å². The topological polar surface area (TPSA) is 75.2 Å². The molecule has 182 valence electrons. The van der Waals surface area contributed by atoms with Crippen LogP contribution < -0.4 is 20.1 Å². The zero-order valence-corrected chi connectivity index (χ0v) is 22.6. The van der Waals surface area contributed by atoms with E-state index in [4.69, 9.17) is 9.47 Å². The number of nitrogens with one attached hydrogen (secondary N) is 2. The number of benzene rings is 2. The summed E-state index contributed by atoms with van der Waals surface area (Å²) >= 11 is 0. The summed E-state index contributed by atoms with van der Waals surface area (Å²) in [5, 5.41) is 6.73. The van der Waals surface area contributed by atoms with Crippen LogP contribution >= 0.6 is 24.0 Å². The molecule has 2 aromatic rings. The monoisotopic (exact) mass is 568 g/mol. The molecule has 1 amide bonds. The second-order valence-electron chi connectivity index (χ2n) is 8.02. The summed E-state index contributed by atoms with van der Waals surface area (Å²) in [6, 6.07) is 16.2. The third-order valence-electron chi connectivity index (χ3n) is 5.10. The minimum Gasteiger partial charge on any atom is -0.497 e. The van der Waals surface area contributed by atoms with Gasteiger partial charge in [0.25, 0.3) is 0 Å². The van der Waals surface area contributed by atoms with E-state index < -0.39 is 0 Å². The van der Waals surface area contributed by atoms with E-state index in [-0.39, 0.29) is 36.4 Å². The van der Waals surface area contributed by atoms with Crippen molar-refractivity contribution >= 4 is 35.8 Å². The molecule has 0 saturated heterocycles. The number of halogens is 1. The lowest BCUT2D eigenvalue weighted by Gasteiger charge is -2.17. The van der Waals surface area contributed by atoms with Crippen molar-refractivity contribution in [2.75, 3.05) is 47.9 Å². The third kappa shape index (κ3) is 10.8. The Morgan fingerprint density at radius 3 is 2.00 bits per heavy atom. The number of guanidine groups is 1. The van der Waals surface area contributed by atoms with E-state index in [9.17, 15) is 4.79 Å². The van der Waals surface area contributed by atoms with Gasteiger partial charge in [-0.15, -0.1) is 24.0 Å². The molecule has 0 bridgehead atoms. The van der Waals surface area contributed by atoms with Crippen molar-refractivity contribution in [2.24, 2.45) is 10.9 Å². The van der Waals surface area contributed by atoms with Crippen LogP contribution in [0.5, 0.6) is 11.5 Å². The van der Waals surface area contributed by atoms with Crippen molar-refractivity contribution < 1.29 is 14.3 Å². The van der Waals surface area contributed by atoms with E-state index in [1.807, 2.05) is 24.3 Å². The lowest BCUT2D eigenvalue weighted by Crippen LogP contribution is -2.41. The Hall–Kier alpha value is -2.49. The first-order valence-electron chi connectivity index (χ1n) is 10.9. The van der Waals surface area contributed by atoms with Gasteiger partial charge >= 0.3 is 0 Å². The number of likely N-dealkylation sites (N-methyl/N-ethyl adjacent to an activating group) is 1. The van der Waals surface area contributed by atoms with Gasteiger partial charge in [0.15, 0.2) is 5.96 Å². The average Bonchev–Trinajstić information content (AvgIpc) is 2.81. The fourth-order valence-corrected chi connectivity index (χ4v) is 3.09. The Bertz CT molecular complexity index is 855. The fourth-order valence-electron chi connectivity index (χ4n) is 3.09. The Morgan fingerprint density at radius 2 is 1.48 bits per heavy atom. The quantitative estimate of drug-likeness (QED) is 0.247. The maximum Gasteiger partial charge on any atom is 0.243 e. The predicted molar refractivity (Wildman–Crippen MR) is 145 cm³/mol. The molecule has 0 heterocycles. The van der Waals surface area contributed by atoms with Gasteiger partial charge in [-0.25, -0.2) is 4.99 Å². The van der Waals surface area contributed by atoms with Crippen molar-refractivity contribution in [3.8, 4) is 11.5 Å². The molecule has 0 aliphatic heterocycles. The Morgan fingerprint density at radius 1 is 0.939 bits per heavy atom. The van der Waals surface area contributed by atoms with Crippen LogP contribution in [0, 0.1) is 5.92 Å². The average molecular weight is 569 g/mol. The zero-order chi connectivity index (χ0) is 23.3. The first kappa shape index (κ1) is 28.5. The van der Waals surface area contributed by atoms with Crippen LogP contribution in [-0.2, 0) is 17.6 Å². The van der Waals surface area contributed by atoms with Crippen molar-refractivity contribution in [1.82, 2.24) is 15.5 Å². The number of hydrogen-bond donors (Lipinski definition) is 2. The number of carbonyl (C=O) groups excluding carboxylic acids is 1. The molecule has 2 aromatic carbocycles. The lowest BCUT2D eigenvalue weighted by molar-refractivity contribution is -0.127. The SMILES string of the molecule is COc1ccc(CCNC(=NCC(=O)N(C)C)NCC(C)Cc2ccc(OC)cc2)cc1.I. The van der Waals surface area contributed by atoms with Crippen molar-refractivity contribution in [3.63, 3.8) is 0 Å². The van der Waals surface area contributed by atoms with Crippen LogP contribution in [-0.4, -0.2) is 64.7 Å². The van der Waals surface area contributed by atoms with Crippen molar-refractivity contribution in [3.05, 3.63) is 59.7 Å². The van der Waals surface area contributed by atoms with Crippen molar-refractivity contribution in [2.45, 2.75) is 19.8 Å². The third-order valence-corrected chi connectivity index (χ3v) is 5.10. The molecule has 0 radical (unpaired) electrons. The van der Waals surface area contributed by atoms with E-state index in [0.717, 1.165) is 30.9 Å². The Balaban J connectivity index is 0.00000544. The number of methoxy groups -OCH3 is 2. The second kappa shape index (κ2) is 15.4. The number of hydrogen-bond acceptors (Lipinski definition) is 4. The van der Waals surface area contributed by atoms with Gasteiger partial charge in [-0.3, -0.25) is 4.79 Å². The lowest BCUT2D eigenvalue weighted by atomic mass is 10.0. The van der Waals surface area contributed by atoms with E-state index >= 15 is 0 Å². The fraction of sp³-hybridized carbons (Fsp3) is 0.440. The van der Waals surface area contributed by atoms with Gasteiger partial charge in [-0.2, -0.15) is 0 Å². The highest BCUT2D eigenvalue weighted by atomic mass is 127. The highest BCUT2D eigenvalue weighted by Gasteiger charge is 2.08. The predicted octanol–water partition coefficient (Wildman–Crippen LogP) is 3.37. The molecule has 1 atom stereocenters. The zero-order valence-electron chi connectivity index (χ0n) is 20.3. The summed E-state index contributed by atoms with van der Waals surface area (Å²) in [5.41, 5.74) is 2.46. The number of carbonyl (C=O) groups is 1. The number of nitrogens with zero attached hydrogens (tertiary/aromatic N) is 2. The molecule has 0 aliphatic rings. The molecule has 0 spiro atoms. The summed E-state index contributed by atoms with van der Waals surface area (Å²) in [7, 11) is 6.80. The van der Waals surface area contributed by atoms with E-state index in [0.29, 0.717) is 18.4 Å². The normalized spacial score (nSPS) is 11.7. The molecule has 1 unspecified atom stereocenters. The molecule has 0 aliphatic carbocycles. The van der Waals surface area contributed by atoms with Crippen LogP contribution in [0.15, 0.2) is 53.5 Å². The molecule has 2 rings (SSSR count). The van der Waals surface area contributed by atoms with Crippen LogP contribution in [0.4, 0.5) is 0 Å². The van der Waals surface area contributed by atoms with Gasteiger partial charge in [-0.05, 0) is 54.2 Å². The number of aliphatic imine (C=N–C) groups is 1. The van der Waals surface area contributed by atoms with Gasteiger partial charge < -0.3 is 25.0 Å². The standard InChI is InChI=1S/C25H36N4O3.HI/c1-19(16-21-8-12-23(32-5)13-9-21)17-27-25(28-18-24(30)29(2)3)26-15-14-20-6-10-22(31-4)11-7-20;/h6-13,19H,14-18H2,1-5H3,(H2,26,27,28);1H. The molecule has 0 saturated carbocycles. The summed E-state index contributed by atoms with van der Waals surface area (Å²) in [6.07, 6.45) is 1.78. The maximum atomic E-state index is 12.0. The highest BCUT2D eigenvalue weighted by molar-refractivity contribution is 14.0.